The molecule has 106 valence electrons. The van der Waals surface area contributed by atoms with Crippen LogP contribution in [0.4, 0.5) is 0 Å². The minimum atomic E-state index is -0.0814. The summed E-state index contributed by atoms with van der Waals surface area (Å²) >= 11 is 0. The standard InChI is InChI=1S/C14H23N3O2/c1-11(2)17-8-5-13(16-17)14(18)15-7-3-4-12-6-9-19-10-12/h5,8,11-12H,3-4,6-7,9-10H2,1-2H3,(H,15,18)/t12-/m0/s1. The van der Waals surface area contributed by atoms with Crippen LogP contribution in [0.3, 0.4) is 0 Å². The quantitative estimate of drug-likeness (QED) is 0.800. The molecule has 19 heavy (non-hydrogen) atoms. The molecule has 1 saturated heterocycles. The van der Waals surface area contributed by atoms with Gasteiger partial charge in [0.2, 0.25) is 0 Å². The van der Waals surface area contributed by atoms with E-state index in [0.717, 1.165) is 32.5 Å². The second-order valence-electron chi connectivity index (χ2n) is 5.40. The van der Waals surface area contributed by atoms with Crippen molar-refractivity contribution in [3.63, 3.8) is 0 Å². The molecule has 0 bridgehead atoms. The molecule has 0 spiro atoms. The number of hydrogen-bond donors (Lipinski definition) is 1. The van der Waals surface area contributed by atoms with Crippen molar-refractivity contribution in [1.82, 2.24) is 15.1 Å². The van der Waals surface area contributed by atoms with Crippen LogP contribution in [-0.2, 0) is 4.74 Å². The summed E-state index contributed by atoms with van der Waals surface area (Å²) < 4.78 is 7.13. The van der Waals surface area contributed by atoms with Crippen LogP contribution in [0.15, 0.2) is 12.3 Å². The lowest BCUT2D eigenvalue weighted by Gasteiger charge is -2.07. The van der Waals surface area contributed by atoms with Gasteiger partial charge in [0, 0.05) is 32.0 Å². The van der Waals surface area contributed by atoms with Gasteiger partial charge in [0.1, 0.15) is 5.69 Å². The molecule has 0 aliphatic carbocycles. The summed E-state index contributed by atoms with van der Waals surface area (Å²) in [6.45, 7) is 6.57. The van der Waals surface area contributed by atoms with Crippen molar-refractivity contribution in [3.8, 4) is 0 Å². The van der Waals surface area contributed by atoms with Crippen molar-refractivity contribution in [2.24, 2.45) is 5.92 Å². The van der Waals surface area contributed by atoms with Gasteiger partial charge >= 0.3 is 0 Å². The first kappa shape index (κ1) is 14.1. The van der Waals surface area contributed by atoms with E-state index >= 15 is 0 Å². The number of carbonyl (C=O) groups excluding carboxylic acids is 1. The first-order valence-corrected chi connectivity index (χ1v) is 7.08. The molecule has 1 aromatic rings. The van der Waals surface area contributed by atoms with Crippen molar-refractivity contribution >= 4 is 5.91 Å². The maximum atomic E-state index is 11.9. The van der Waals surface area contributed by atoms with Gasteiger partial charge in [-0.1, -0.05) is 0 Å². The molecule has 1 aliphatic rings. The molecule has 1 fully saturated rings. The number of nitrogens with zero attached hydrogens (tertiary/aromatic N) is 2. The van der Waals surface area contributed by atoms with Crippen molar-refractivity contribution in [1.29, 1.82) is 0 Å². The average Bonchev–Trinajstić information content (AvgIpc) is 3.05. The molecule has 1 amide bonds. The number of carbonyl (C=O) groups is 1. The molecule has 2 heterocycles. The fourth-order valence-corrected chi connectivity index (χ4v) is 2.24. The van der Waals surface area contributed by atoms with Crippen LogP contribution in [0.1, 0.15) is 49.6 Å². The van der Waals surface area contributed by atoms with E-state index in [1.54, 1.807) is 10.7 Å². The Morgan fingerprint density at radius 2 is 2.47 bits per heavy atom. The highest BCUT2D eigenvalue weighted by atomic mass is 16.5. The van der Waals surface area contributed by atoms with E-state index in [1.165, 1.54) is 0 Å². The predicted molar refractivity (Wildman–Crippen MR) is 73.1 cm³/mol. The lowest BCUT2D eigenvalue weighted by atomic mass is 10.0. The zero-order valence-corrected chi connectivity index (χ0v) is 11.8. The SMILES string of the molecule is CC(C)n1ccc(C(=O)NCCC[C@H]2CCOC2)n1. The molecule has 5 nitrogen and oxygen atoms in total. The molecule has 1 N–H and O–H groups in total. The second-order valence-corrected chi connectivity index (χ2v) is 5.40. The number of ether oxygens (including phenoxy) is 1. The van der Waals surface area contributed by atoms with E-state index in [4.69, 9.17) is 4.74 Å². The van der Waals surface area contributed by atoms with E-state index in [0.29, 0.717) is 18.2 Å². The second kappa shape index (κ2) is 6.70. The lowest BCUT2D eigenvalue weighted by molar-refractivity contribution is 0.0946. The molecule has 0 saturated carbocycles. The first-order chi connectivity index (χ1) is 9.16. The zero-order valence-electron chi connectivity index (χ0n) is 11.8. The van der Waals surface area contributed by atoms with Crippen LogP contribution >= 0.6 is 0 Å². The Hall–Kier alpha value is -1.36. The Labute approximate surface area is 114 Å². The van der Waals surface area contributed by atoms with Crippen molar-refractivity contribution in [3.05, 3.63) is 18.0 Å². The molecular formula is C14H23N3O2. The van der Waals surface area contributed by atoms with Gasteiger partial charge in [0.15, 0.2) is 0 Å². The number of nitrogens with one attached hydrogen (secondary N) is 1. The maximum absolute atomic E-state index is 11.9. The Kier molecular flexibility index (Phi) is 4.96. The summed E-state index contributed by atoms with van der Waals surface area (Å²) in [5, 5.41) is 7.17. The predicted octanol–water partition coefficient (Wildman–Crippen LogP) is 2.01. The van der Waals surface area contributed by atoms with E-state index in [9.17, 15) is 4.79 Å². The Balaban J connectivity index is 1.68. The van der Waals surface area contributed by atoms with Gasteiger partial charge in [-0.05, 0) is 45.1 Å². The van der Waals surface area contributed by atoms with Gasteiger partial charge in [-0.15, -0.1) is 0 Å². The summed E-state index contributed by atoms with van der Waals surface area (Å²) in [6, 6.07) is 2.05. The molecular weight excluding hydrogens is 242 g/mol. The van der Waals surface area contributed by atoms with Gasteiger partial charge in [-0.25, -0.2) is 0 Å². The van der Waals surface area contributed by atoms with Crippen LogP contribution in [0, 0.1) is 5.92 Å². The Morgan fingerprint density at radius 3 is 3.11 bits per heavy atom. The highest BCUT2D eigenvalue weighted by Crippen LogP contribution is 2.17. The van der Waals surface area contributed by atoms with E-state index in [-0.39, 0.29) is 11.9 Å². The van der Waals surface area contributed by atoms with Crippen LogP contribution < -0.4 is 5.32 Å². The molecule has 5 heteroatoms. The van der Waals surface area contributed by atoms with Crippen molar-refractivity contribution < 1.29 is 9.53 Å². The third-order valence-corrected chi connectivity index (χ3v) is 3.47. The minimum absolute atomic E-state index is 0.0814. The summed E-state index contributed by atoms with van der Waals surface area (Å²) in [5.41, 5.74) is 0.498. The molecule has 0 radical (unpaired) electrons. The van der Waals surface area contributed by atoms with E-state index < -0.39 is 0 Å². The highest BCUT2D eigenvalue weighted by molar-refractivity contribution is 5.92. The topological polar surface area (TPSA) is 56.2 Å². The largest absolute Gasteiger partial charge is 0.381 e. The summed E-state index contributed by atoms with van der Waals surface area (Å²) in [6.07, 6.45) is 5.13. The van der Waals surface area contributed by atoms with Crippen LogP contribution in [0.25, 0.3) is 0 Å². The summed E-state index contributed by atoms with van der Waals surface area (Å²) in [4.78, 5) is 11.9. The number of hydrogen-bond acceptors (Lipinski definition) is 3. The van der Waals surface area contributed by atoms with Gasteiger partial charge in [0.05, 0.1) is 0 Å². The van der Waals surface area contributed by atoms with Gasteiger partial charge in [0.25, 0.3) is 5.91 Å². The maximum Gasteiger partial charge on any atom is 0.271 e. The zero-order chi connectivity index (χ0) is 13.7. The number of amides is 1. The molecule has 1 atom stereocenters. The third kappa shape index (κ3) is 4.06. The average molecular weight is 265 g/mol. The summed E-state index contributed by atoms with van der Waals surface area (Å²) in [7, 11) is 0. The van der Waals surface area contributed by atoms with E-state index in [1.807, 2.05) is 20.0 Å². The van der Waals surface area contributed by atoms with Crippen LogP contribution in [-0.4, -0.2) is 35.4 Å². The molecule has 1 aromatic heterocycles. The Bertz CT molecular complexity index is 409. The first-order valence-electron chi connectivity index (χ1n) is 7.08. The molecule has 0 unspecified atom stereocenters. The van der Waals surface area contributed by atoms with Crippen LogP contribution in [0.2, 0.25) is 0 Å². The van der Waals surface area contributed by atoms with Gasteiger partial charge in [-0.3, -0.25) is 9.48 Å². The highest BCUT2D eigenvalue weighted by Gasteiger charge is 2.15. The number of aromatic nitrogens is 2. The Morgan fingerprint density at radius 1 is 1.63 bits per heavy atom. The monoisotopic (exact) mass is 265 g/mol. The van der Waals surface area contributed by atoms with Crippen LogP contribution in [0.5, 0.6) is 0 Å². The molecule has 0 aromatic carbocycles. The lowest BCUT2D eigenvalue weighted by Crippen LogP contribution is -2.25. The van der Waals surface area contributed by atoms with Crippen molar-refractivity contribution in [2.75, 3.05) is 19.8 Å². The smallest absolute Gasteiger partial charge is 0.271 e. The minimum Gasteiger partial charge on any atom is -0.381 e. The normalized spacial score (nSPS) is 19.0. The third-order valence-electron chi connectivity index (χ3n) is 3.47. The van der Waals surface area contributed by atoms with E-state index in [2.05, 4.69) is 10.4 Å². The molecule has 1 aliphatic heterocycles. The molecule has 2 rings (SSSR count). The fourth-order valence-electron chi connectivity index (χ4n) is 2.24. The summed E-state index contributed by atoms with van der Waals surface area (Å²) in [5.74, 6) is 0.596. The van der Waals surface area contributed by atoms with Gasteiger partial charge in [-0.2, -0.15) is 5.10 Å². The fraction of sp³-hybridized carbons (Fsp3) is 0.714. The van der Waals surface area contributed by atoms with Crippen molar-refractivity contribution in [2.45, 2.75) is 39.2 Å². The van der Waals surface area contributed by atoms with Gasteiger partial charge < -0.3 is 10.1 Å². The number of rotatable bonds is 6.